The van der Waals surface area contributed by atoms with Crippen molar-refractivity contribution in [2.24, 2.45) is 0 Å². The molecule has 5 nitrogen and oxygen atoms in total. The number of aromatic nitrogens is 1. The minimum absolute atomic E-state index is 0.00648. The maximum atomic E-state index is 12.0. The van der Waals surface area contributed by atoms with E-state index in [0.29, 0.717) is 5.52 Å². The monoisotopic (exact) mass is 273 g/mol. The molecule has 0 saturated heterocycles. The number of nitrogens with zero attached hydrogens (tertiary/aromatic N) is 1. The Hall–Kier alpha value is -2.43. The van der Waals surface area contributed by atoms with E-state index in [4.69, 9.17) is 4.74 Å². The minimum Gasteiger partial charge on any atom is -0.506 e. The second-order valence-electron chi connectivity index (χ2n) is 4.28. The molecule has 0 spiro atoms. The van der Waals surface area contributed by atoms with Crippen molar-refractivity contribution in [3.8, 4) is 5.75 Å². The Morgan fingerprint density at radius 1 is 1.25 bits per heavy atom. The second kappa shape index (κ2) is 6.14. The van der Waals surface area contributed by atoms with Crippen LogP contribution in [0.2, 0.25) is 0 Å². The van der Waals surface area contributed by atoms with Gasteiger partial charge in [0.2, 0.25) is 0 Å². The molecule has 0 unspecified atom stereocenters. The van der Waals surface area contributed by atoms with Gasteiger partial charge in [-0.3, -0.25) is 9.59 Å². The van der Waals surface area contributed by atoms with E-state index in [1.807, 2.05) is 6.07 Å². The van der Waals surface area contributed by atoms with E-state index in [2.05, 4.69) is 4.98 Å². The highest BCUT2D eigenvalue weighted by atomic mass is 16.5. The number of pyridine rings is 1. The van der Waals surface area contributed by atoms with Crippen LogP contribution in [0.1, 0.15) is 30.3 Å². The lowest BCUT2D eigenvalue weighted by atomic mass is 10.1. The van der Waals surface area contributed by atoms with Crippen LogP contribution in [0.5, 0.6) is 5.75 Å². The van der Waals surface area contributed by atoms with Gasteiger partial charge in [0.15, 0.2) is 5.78 Å². The van der Waals surface area contributed by atoms with Gasteiger partial charge in [-0.25, -0.2) is 4.98 Å². The molecule has 20 heavy (non-hydrogen) atoms. The molecule has 2 aromatic rings. The Kier molecular flexibility index (Phi) is 4.30. The summed E-state index contributed by atoms with van der Waals surface area (Å²) >= 11 is 0. The summed E-state index contributed by atoms with van der Waals surface area (Å²) in [6.45, 7) is 1.99. The van der Waals surface area contributed by atoms with Gasteiger partial charge >= 0.3 is 5.97 Å². The van der Waals surface area contributed by atoms with Crippen molar-refractivity contribution >= 4 is 22.7 Å². The number of carbonyl (C=O) groups is 2. The second-order valence-corrected chi connectivity index (χ2v) is 4.28. The highest BCUT2D eigenvalue weighted by Gasteiger charge is 2.16. The van der Waals surface area contributed by atoms with E-state index in [-0.39, 0.29) is 36.7 Å². The fraction of sp³-hybridized carbons (Fsp3) is 0.267. The summed E-state index contributed by atoms with van der Waals surface area (Å²) in [5.74, 6) is -0.972. The number of esters is 1. The molecule has 0 bridgehead atoms. The molecular weight excluding hydrogens is 258 g/mol. The molecule has 0 amide bonds. The molecule has 0 fully saturated rings. The molecule has 1 heterocycles. The molecule has 104 valence electrons. The van der Waals surface area contributed by atoms with Gasteiger partial charge in [0.1, 0.15) is 11.4 Å². The van der Waals surface area contributed by atoms with Crippen LogP contribution >= 0.6 is 0 Å². The zero-order valence-corrected chi connectivity index (χ0v) is 11.1. The van der Waals surface area contributed by atoms with Crippen molar-refractivity contribution in [3.63, 3.8) is 0 Å². The Balaban J connectivity index is 2.17. The molecular formula is C15H15NO4. The number of para-hydroxylation sites is 1. The van der Waals surface area contributed by atoms with E-state index in [0.717, 1.165) is 5.39 Å². The topological polar surface area (TPSA) is 76.5 Å². The molecule has 0 aliphatic heterocycles. The standard InChI is InChI=1S/C15H15NO4/c1-2-20-14(19)8-7-12(17)15-13(18)9-10-5-3-4-6-11(10)16-15/h3-6,9,18H,2,7-8H2,1H3. The quantitative estimate of drug-likeness (QED) is 0.669. The maximum absolute atomic E-state index is 12.0. The van der Waals surface area contributed by atoms with Crippen LogP contribution in [-0.4, -0.2) is 28.4 Å². The predicted octanol–water partition coefficient (Wildman–Crippen LogP) is 2.47. The first-order valence-corrected chi connectivity index (χ1v) is 6.39. The summed E-state index contributed by atoms with van der Waals surface area (Å²) in [4.78, 5) is 27.4. The van der Waals surface area contributed by atoms with Gasteiger partial charge in [0.25, 0.3) is 0 Å². The number of carbonyl (C=O) groups excluding carboxylic acids is 2. The van der Waals surface area contributed by atoms with Crippen LogP contribution in [0.25, 0.3) is 10.9 Å². The zero-order valence-electron chi connectivity index (χ0n) is 11.1. The van der Waals surface area contributed by atoms with Crippen molar-refractivity contribution < 1.29 is 19.4 Å². The number of fused-ring (bicyclic) bond motifs is 1. The van der Waals surface area contributed by atoms with Gasteiger partial charge in [-0.15, -0.1) is 0 Å². The highest BCUT2D eigenvalue weighted by Crippen LogP contribution is 2.23. The van der Waals surface area contributed by atoms with Gasteiger partial charge in [-0.2, -0.15) is 0 Å². The number of ketones is 1. The minimum atomic E-state index is -0.430. The number of ether oxygens (including phenoxy) is 1. The SMILES string of the molecule is CCOC(=O)CCC(=O)c1nc2ccccc2cc1O. The van der Waals surface area contributed by atoms with Gasteiger partial charge in [0, 0.05) is 11.8 Å². The third-order valence-electron chi connectivity index (χ3n) is 2.83. The van der Waals surface area contributed by atoms with Gasteiger partial charge in [-0.1, -0.05) is 18.2 Å². The smallest absolute Gasteiger partial charge is 0.306 e. The fourth-order valence-corrected chi connectivity index (χ4v) is 1.88. The summed E-state index contributed by atoms with van der Waals surface area (Å²) in [6, 6.07) is 8.69. The van der Waals surface area contributed by atoms with E-state index in [1.165, 1.54) is 6.07 Å². The van der Waals surface area contributed by atoms with E-state index in [9.17, 15) is 14.7 Å². The lowest BCUT2D eigenvalue weighted by Gasteiger charge is -2.05. The molecule has 0 radical (unpaired) electrons. The first kappa shape index (κ1) is 14.0. The third kappa shape index (κ3) is 3.12. The van der Waals surface area contributed by atoms with Crippen LogP contribution in [-0.2, 0) is 9.53 Å². The Morgan fingerprint density at radius 3 is 2.75 bits per heavy atom. The molecule has 0 aliphatic carbocycles. The normalized spacial score (nSPS) is 10.4. The van der Waals surface area contributed by atoms with Crippen LogP contribution < -0.4 is 0 Å². The van der Waals surface area contributed by atoms with Gasteiger partial charge < -0.3 is 9.84 Å². The van der Waals surface area contributed by atoms with E-state index in [1.54, 1.807) is 25.1 Å². The summed E-state index contributed by atoms with van der Waals surface area (Å²) in [5, 5.41) is 10.6. The first-order chi connectivity index (χ1) is 9.61. The Bertz CT molecular complexity index is 651. The summed E-state index contributed by atoms with van der Waals surface area (Å²) in [6.07, 6.45) is -0.0433. The van der Waals surface area contributed by atoms with E-state index < -0.39 is 5.97 Å². The first-order valence-electron chi connectivity index (χ1n) is 6.39. The van der Waals surface area contributed by atoms with Crippen LogP contribution in [0.4, 0.5) is 0 Å². The van der Waals surface area contributed by atoms with Crippen molar-refractivity contribution in [1.82, 2.24) is 4.98 Å². The molecule has 1 aromatic carbocycles. The van der Waals surface area contributed by atoms with Crippen molar-refractivity contribution in [1.29, 1.82) is 0 Å². The maximum Gasteiger partial charge on any atom is 0.306 e. The lowest BCUT2D eigenvalue weighted by molar-refractivity contribution is -0.143. The van der Waals surface area contributed by atoms with Crippen molar-refractivity contribution in [2.75, 3.05) is 6.61 Å². The molecule has 0 saturated carbocycles. The molecule has 2 rings (SSSR count). The number of hydrogen-bond acceptors (Lipinski definition) is 5. The highest BCUT2D eigenvalue weighted by molar-refractivity contribution is 6.00. The van der Waals surface area contributed by atoms with Crippen LogP contribution in [0.15, 0.2) is 30.3 Å². The molecule has 0 atom stereocenters. The number of Topliss-reactive ketones (excluding diaryl/α,β-unsaturated/α-hetero) is 1. The van der Waals surface area contributed by atoms with Crippen LogP contribution in [0, 0.1) is 0 Å². The Morgan fingerprint density at radius 2 is 2.00 bits per heavy atom. The number of aromatic hydroxyl groups is 1. The van der Waals surface area contributed by atoms with Crippen molar-refractivity contribution in [2.45, 2.75) is 19.8 Å². The fourth-order valence-electron chi connectivity index (χ4n) is 1.88. The predicted molar refractivity (Wildman–Crippen MR) is 73.6 cm³/mol. The summed E-state index contributed by atoms with van der Waals surface area (Å²) in [5.41, 5.74) is 0.623. The average molecular weight is 273 g/mol. The number of rotatable bonds is 5. The number of hydrogen-bond donors (Lipinski definition) is 1. The molecule has 5 heteroatoms. The third-order valence-corrected chi connectivity index (χ3v) is 2.83. The largest absolute Gasteiger partial charge is 0.506 e. The number of benzene rings is 1. The molecule has 1 N–H and O–H groups in total. The van der Waals surface area contributed by atoms with Crippen LogP contribution in [0.3, 0.4) is 0 Å². The molecule has 1 aromatic heterocycles. The lowest BCUT2D eigenvalue weighted by Crippen LogP contribution is -2.09. The van der Waals surface area contributed by atoms with Crippen molar-refractivity contribution in [3.05, 3.63) is 36.0 Å². The summed E-state index contributed by atoms with van der Waals surface area (Å²) in [7, 11) is 0. The molecule has 0 aliphatic rings. The average Bonchev–Trinajstić information content (AvgIpc) is 2.44. The Labute approximate surface area is 116 Å². The zero-order chi connectivity index (χ0) is 14.5. The van der Waals surface area contributed by atoms with Gasteiger partial charge in [0.05, 0.1) is 18.5 Å². The van der Waals surface area contributed by atoms with E-state index >= 15 is 0 Å². The summed E-state index contributed by atoms with van der Waals surface area (Å²) < 4.78 is 4.75. The van der Waals surface area contributed by atoms with Gasteiger partial charge in [-0.05, 0) is 19.1 Å².